The lowest BCUT2D eigenvalue weighted by molar-refractivity contribution is -0.134. The van der Waals surface area contributed by atoms with Crippen LogP contribution in [-0.2, 0) is 11.8 Å². The first-order chi connectivity index (χ1) is 10.4. The van der Waals surface area contributed by atoms with Crippen LogP contribution in [0.5, 0.6) is 0 Å². The van der Waals surface area contributed by atoms with Crippen molar-refractivity contribution in [2.24, 2.45) is 7.05 Å². The van der Waals surface area contributed by atoms with Crippen LogP contribution in [-0.4, -0.2) is 32.7 Å². The monoisotopic (exact) mass is 321 g/mol. The van der Waals surface area contributed by atoms with Gasteiger partial charge in [-0.05, 0) is 24.6 Å². The Morgan fingerprint density at radius 3 is 2.55 bits per heavy atom. The van der Waals surface area contributed by atoms with Crippen molar-refractivity contribution in [2.45, 2.75) is 25.5 Å². The second-order valence-electron chi connectivity index (χ2n) is 5.40. The van der Waals surface area contributed by atoms with Gasteiger partial charge in [-0.15, -0.1) is 0 Å². The standard InChI is InChI=1S/C16H20ClN3O2/c1-11(13-9-18-19(2)10-13)20(3)16(22)8-15(21)12-4-6-14(17)7-5-12/h4-7,9-11,15,21H,8H2,1-3H3. The molecule has 0 aliphatic carbocycles. The Bertz CT molecular complexity index is 639. The summed E-state index contributed by atoms with van der Waals surface area (Å²) in [5.41, 5.74) is 1.64. The van der Waals surface area contributed by atoms with Gasteiger partial charge in [-0.25, -0.2) is 0 Å². The van der Waals surface area contributed by atoms with Crippen LogP contribution in [0.3, 0.4) is 0 Å². The largest absolute Gasteiger partial charge is 0.388 e. The van der Waals surface area contributed by atoms with Crippen LogP contribution in [0.4, 0.5) is 0 Å². The molecule has 5 nitrogen and oxygen atoms in total. The van der Waals surface area contributed by atoms with E-state index < -0.39 is 6.10 Å². The van der Waals surface area contributed by atoms with Gasteiger partial charge in [0.25, 0.3) is 0 Å². The third kappa shape index (κ3) is 3.87. The number of rotatable bonds is 5. The van der Waals surface area contributed by atoms with Crippen molar-refractivity contribution >= 4 is 17.5 Å². The smallest absolute Gasteiger partial charge is 0.225 e. The van der Waals surface area contributed by atoms with E-state index in [0.717, 1.165) is 5.56 Å². The average Bonchev–Trinajstić information content (AvgIpc) is 2.92. The minimum absolute atomic E-state index is 0.0305. The molecule has 1 aromatic heterocycles. The summed E-state index contributed by atoms with van der Waals surface area (Å²) in [6.45, 7) is 1.93. The molecule has 0 aliphatic heterocycles. The molecule has 0 bridgehead atoms. The van der Waals surface area contributed by atoms with E-state index in [1.807, 2.05) is 20.2 Å². The lowest BCUT2D eigenvalue weighted by Gasteiger charge is -2.25. The van der Waals surface area contributed by atoms with Gasteiger partial charge in [0.2, 0.25) is 5.91 Å². The molecule has 1 heterocycles. The molecule has 2 atom stereocenters. The van der Waals surface area contributed by atoms with Crippen molar-refractivity contribution in [3.63, 3.8) is 0 Å². The molecule has 2 unspecified atom stereocenters. The van der Waals surface area contributed by atoms with E-state index >= 15 is 0 Å². The molecule has 118 valence electrons. The van der Waals surface area contributed by atoms with Crippen molar-refractivity contribution in [1.82, 2.24) is 14.7 Å². The molecule has 22 heavy (non-hydrogen) atoms. The Morgan fingerprint density at radius 2 is 2.00 bits per heavy atom. The zero-order valence-corrected chi connectivity index (χ0v) is 13.7. The summed E-state index contributed by atoms with van der Waals surface area (Å²) in [4.78, 5) is 13.9. The predicted molar refractivity (Wildman–Crippen MR) is 85.4 cm³/mol. The summed E-state index contributed by atoms with van der Waals surface area (Å²) in [7, 11) is 3.57. The molecule has 0 radical (unpaired) electrons. The van der Waals surface area contributed by atoms with E-state index in [1.165, 1.54) is 0 Å². The van der Waals surface area contributed by atoms with Gasteiger partial charge in [0, 0.05) is 30.9 Å². The van der Waals surface area contributed by atoms with Gasteiger partial charge in [-0.2, -0.15) is 5.10 Å². The molecule has 1 aromatic carbocycles. The molecule has 1 amide bonds. The van der Waals surface area contributed by atoms with E-state index in [-0.39, 0.29) is 18.4 Å². The molecule has 0 saturated heterocycles. The number of aromatic nitrogens is 2. The van der Waals surface area contributed by atoms with Gasteiger partial charge in [0.05, 0.1) is 24.8 Å². The third-order valence-corrected chi connectivity index (χ3v) is 4.06. The fourth-order valence-corrected chi connectivity index (χ4v) is 2.33. The number of aliphatic hydroxyl groups excluding tert-OH is 1. The molecule has 2 rings (SSSR count). The van der Waals surface area contributed by atoms with Crippen molar-refractivity contribution < 1.29 is 9.90 Å². The highest BCUT2D eigenvalue weighted by molar-refractivity contribution is 6.30. The zero-order chi connectivity index (χ0) is 16.3. The second-order valence-corrected chi connectivity index (χ2v) is 5.84. The summed E-state index contributed by atoms with van der Waals surface area (Å²) in [6.07, 6.45) is 2.81. The predicted octanol–water partition coefficient (Wildman–Crippen LogP) is 2.72. The van der Waals surface area contributed by atoms with E-state index in [9.17, 15) is 9.90 Å². The van der Waals surface area contributed by atoms with Gasteiger partial charge in [-0.1, -0.05) is 23.7 Å². The zero-order valence-electron chi connectivity index (χ0n) is 12.9. The summed E-state index contributed by atoms with van der Waals surface area (Å²) >= 11 is 5.82. The lowest BCUT2D eigenvalue weighted by Crippen LogP contribution is -2.30. The van der Waals surface area contributed by atoms with Crippen molar-refractivity contribution in [3.05, 3.63) is 52.8 Å². The third-order valence-electron chi connectivity index (χ3n) is 3.80. The number of hydrogen-bond acceptors (Lipinski definition) is 3. The first-order valence-corrected chi connectivity index (χ1v) is 7.44. The molecule has 2 aromatic rings. The van der Waals surface area contributed by atoms with E-state index in [4.69, 9.17) is 11.6 Å². The van der Waals surface area contributed by atoms with Crippen molar-refractivity contribution in [2.75, 3.05) is 7.05 Å². The van der Waals surface area contributed by atoms with Crippen LogP contribution in [0, 0.1) is 0 Å². The first kappa shape index (κ1) is 16.5. The number of carbonyl (C=O) groups is 1. The number of amides is 1. The minimum atomic E-state index is -0.840. The summed E-state index contributed by atoms with van der Waals surface area (Å²) in [6, 6.07) is 6.76. The Labute approximate surface area is 135 Å². The number of carbonyl (C=O) groups excluding carboxylic acids is 1. The fraction of sp³-hybridized carbons (Fsp3) is 0.375. The number of halogens is 1. The van der Waals surface area contributed by atoms with Gasteiger partial charge < -0.3 is 10.0 Å². The maximum Gasteiger partial charge on any atom is 0.225 e. The average molecular weight is 322 g/mol. The highest BCUT2D eigenvalue weighted by atomic mass is 35.5. The molecule has 1 N–H and O–H groups in total. The van der Waals surface area contributed by atoms with Crippen LogP contribution < -0.4 is 0 Å². The number of hydrogen-bond donors (Lipinski definition) is 1. The summed E-state index contributed by atoms with van der Waals surface area (Å²) in [5.74, 6) is -0.126. The molecule has 0 aliphatic rings. The van der Waals surface area contributed by atoms with Crippen LogP contribution in [0.15, 0.2) is 36.7 Å². The Kier molecular flexibility index (Phi) is 5.21. The molecule has 0 fully saturated rings. The Balaban J connectivity index is 2.00. The molecular weight excluding hydrogens is 302 g/mol. The van der Waals surface area contributed by atoms with Gasteiger partial charge in [0.15, 0.2) is 0 Å². The maximum absolute atomic E-state index is 12.3. The molecule has 0 saturated carbocycles. The number of benzene rings is 1. The van der Waals surface area contributed by atoms with Crippen LogP contribution in [0.25, 0.3) is 0 Å². The SMILES string of the molecule is CC(c1cnn(C)c1)N(C)C(=O)CC(O)c1ccc(Cl)cc1. The lowest BCUT2D eigenvalue weighted by atomic mass is 10.1. The van der Waals surface area contributed by atoms with Gasteiger partial charge in [-0.3, -0.25) is 9.48 Å². The summed E-state index contributed by atoms with van der Waals surface area (Å²) in [5, 5.41) is 14.9. The Hall–Kier alpha value is -1.85. The highest BCUT2D eigenvalue weighted by Crippen LogP contribution is 2.23. The topological polar surface area (TPSA) is 58.4 Å². The minimum Gasteiger partial charge on any atom is -0.388 e. The molecule has 6 heteroatoms. The first-order valence-electron chi connectivity index (χ1n) is 7.06. The van der Waals surface area contributed by atoms with Crippen LogP contribution >= 0.6 is 11.6 Å². The van der Waals surface area contributed by atoms with Crippen molar-refractivity contribution in [1.29, 1.82) is 0 Å². The van der Waals surface area contributed by atoms with Crippen LogP contribution in [0.2, 0.25) is 5.02 Å². The number of aliphatic hydroxyl groups is 1. The molecule has 0 spiro atoms. The van der Waals surface area contributed by atoms with Gasteiger partial charge >= 0.3 is 0 Å². The number of nitrogens with zero attached hydrogens (tertiary/aromatic N) is 3. The quantitative estimate of drug-likeness (QED) is 0.921. The van der Waals surface area contributed by atoms with E-state index in [1.54, 1.807) is 47.1 Å². The second kappa shape index (κ2) is 6.94. The number of aryl methyl sites for hydroxylation is 1. The highest BCUT2D eigenvalue weighted by Gasteiger charge is 2.21. The van der Waals surface area contributed by atoms with Crippen LogP contribution in [0.1, 0.15) is 36.6 Å². The summed E-state index contributed by atoms with van der Waals surface area (Å²) < 4.78 is 1.70. The molecular formula is C16H20ClN3O2. The van der Waals surface area contributed by atoms with Crippen molar-refractivity contribution in [3.8, 4) is 0 Å². The Morgan fingerprint density at radius 1 is 1.36 bits per heavy atom. The van der Waals surface area contributed by atoms with E-state index in [2.05, 4.69) is 5.10 Å². The van der Waals surface area contributed by atoms with E-state index in [0.29, 0.717) is 10.6 Å². The maximum atomic E-state index is 12.3. The van der Waals surface area contributed by atoms with Gasteiger partial charge in [0.1, 0.15) is 0 Å². The fourth-order valence-electron chi connectivity index (χ4n) is 2.21. The normalized spacial score (nSPS) is 13.7.